The Morgan fingerprint density at radius 2 is 1.72 bits per heavy atom. The molecule has 0 saturated heterocycles. The zero-order valence-corrected chi connectivity index (χ0v) is 31.7. The number of thiazole rings is 1. The molecule has 0 bridgehead atoms. The Kier molecular flexibility index (Phi) is 17.9. The summed E-state index contributed by atoms with van der Waals surface area (Å²) in [6, 6.07) is 12.8. The highest BCUT2D eigenvalue weighted by molar-refractivity contribution is 7.07. The Labute approximate surface area is 302 Å². The molecule has 10 nitrogen and oxygen atoms in total. The van der Waals surface area contributed by atoms with Gasteiger partial charge in [0.05, 0.1) is 43.2 Å². The lowest BCUT2D eigenvalue weighted by atomic mass is 9.86. The molecule has 50 heavy (non-hydrogen) atoms. The zero-order chi connectivity index (χ0) is 36.5. The lowest BCUT2D eigenvalue weighted by Crippen LogP contribution is -2.53. The van der Waals surface area contributed by atoms with Crippen LogP contribution in [0.2, 0.25) is 0 Å². The number of carbonyl (C=O) groups excluding carboxylic acids is 2. The minimum atomic E-state index is -0.901. The standard InChI is InChI=1S/C39H58N4O6S/c1-8-28(5)37(39(46)41-20-30-13-10-27(4)11-14-30)43-38(45)33(26(2)3)19-35(44)34(40-21-32-24-50-25-42-32)23-48-22-31-15-12-29(6)36(18-31)49-17-9-16-47-7/h10-15,18,24-26,28,33-35,37,40,44H,8-9,16-17,19-23H2,1-7H3,(H,41,46)(H,43,45)/t28-,33-,34-,35-,37-/m0/s1. The van der Waals surface area contributed by atoms with E-state index in [4.69, 9.17) is 14.2 Å². The molecule has 0 aliphatic carbocycles. The van der Waals surface area contributed by atoms with Gasteiger partial charge in [0.1, 0.15) is 11.8 Å². The van der Waals surface area contributed by atoms with E-state index in [0.29, 0.717) is 32.9 Å². The summed E-state index contributed by atoms with van der Waals surface area (Å²) >= 11 is 1.51. The van der Waals surface area contributed by atoms with Gasteiger partial charge in [0.15, 0.2) is 0 Å². The third kappa shape index (κ3) is 13.8. The zero-order valence-electron chi connectivity index (χ0n) is 30.9. The Hall–Kier alpha value is -3.35. The van der Waals surface area contributed by atoms with E-state index in [-0.39, 0.29) is 36.7 Å². The van der Waals surface area contributed by atoms with E-state index in [0.717, 1.165) is 46.5 Å². The molecule has 1 aromatic heterocycles. The van der Waals surface area contributed by atoms with Crippen LogP contribution >= 0.6 is 11.3 Å². The molecular weight excluding hydrogens is 653 g/mol. The van der Waals surface area contributed by atoms with Crippen LogP contribution in [0, 0.1) is 31.6 Å². The smallest absolute Gasteiger partial charge is 0.243 e. The Morgan fingerprint density at radius 1 is 0.980 bits per heavy atom. The second-order valence-electron chi connectivity index (χ2n) is 13.5. The number of ether oxygens (including phenoxy) is 3. The van der Waals surface area contributed by atoms with Gasteiger partial charge in [-0.3, -0.25) is 9.59 Å². The number of nitrogens with one attached hydrogen (secondary N) is 3. The number of hydrogen-bond acceptors (Lipinski definition) is 9. The maximum absolute atomic E-state index is 13.8. The fourth-order valence-electron chi connectivity index (χ4n) is 5.52. The Bertz CT molecular complexity index is 1420. The summed E-state index contributed by atoms with van der Waals surface area (Å²) in [5.74, 6) is -0.328. The van der Waals surface area contributed by atoms with Gasteiger partial charge < -0.3 is 35.3 Å². The highest BCUT2D eigenvalue weighted by Crippen LogP contribution is 2.23. The van der Waals surface area contributed by atoms with Gasteiger partial charge in [0, 0.05) is 44.5 Å². The molecule has 0 radical (unpaired) electrons. The van der Waals surface area contributed by atoms with Crippen LogP contribution < -0.4 is 20.7 Å². The number of carbonyl (C=O) groups is 2. The molecule has 4 N–H and O–H groups in total. The lowest BCUT2D eigenvalue weighted by molar-refractivity contribution is -0.134. The SMILES string of the molecule is CC[C@H](C)[C@H](NC(=O)[C@@H](C[C@H](O)[C@H](COCc1ccc(C)c(OCCCOC)c1)NCc1cscn1)C(C)C)C(=O)NCc1ccc(C)cc1. The molecule has 0 aliphatic heterocycles. The number of amides is 2. The van der Waals surface area contributed by atoms with Gasteiger partial charge in [-0.15, -0.1) is 11.3 Å². The van der Waals surface area contributed by atoms with Crippen molar-refractivity contribution in [3.05, 3.63) is 81.3 Å². The van der Waals surface area contributed by atoms with Crippen molar-refractivity contribution in [3.8, 4) is 5.75 Å². The molecule has 1 heterocycles. The first-order valence-corrected chi connectivity index (χ1v) is 18.7. The van der Waals surface area contributed by atoms with Crippen molar-refractivity contribution in [2.24, 2.45) is 17.8 Å². The minimum absolute atomic E-state index is 0.0753. The van der Waals surface area contributed by atoms with Crippen LogP contribution in [0.4, 0.5) is 0 Å². The minimum Gasteiger partial charge on any atom is -0.493 e. The predicted molar refractivity (Wildman–Crippen MR) is 199 cm³/mol. The second-order valence-corrected chi connectivity index (χ2v) is 14.2. The average molecular weight is 711 g/mol. The molecular formula is C39H58N4O6S. The van der Waals surface area contributed by atoms with E-state index in [9.17, 15) is 14.7 Å². The molecule has 0 saturated carbocycles. The fourth-order valence-corrected chi connectivity index (χ4v) is 6.08. The molecule has 2 amide bonds. The van der Waals surface area contributed by atoms with Gasteiger partial charge in [-0.2, -0.15) is 0 Å². The summed E-state index contributed by atoms with van der Waals surface area (Å²) in [5.41, 5.74) is 6.79. The molecule has 0 unspecified atom stereocenters. The number of aliphatic hydroxyl groups excluding tert-OH is 1. The number of aromatic nitrogens is 1. The maximum atomic E-state index is 13.8. The second kappa shape index (κ2) is 21.8. The number of hydrogen-bond donors (Lipinski definition) is 4. The van der Waals surface area contributed by atoms with Crippen molar-refractivity contribution in [2.45, 2.75) is 98.7 Å². The third-order valence-corrected chi connectivity index (χ3v) is 9.72. The first-order chi connectivity index (χ1) is 24.0. The van der Waals surface area contributed by atoms with Crippen molar-refractivity contribution >= 4 is 23.2 Å². The molecule has 0 spiro atoms. The number of nitrogens with zero attached hydrogens (tertiary/aromatic N) is 1. The van der Waals surface area contributed by atoms with Crippen LogP contribution in [0.25, 0.3) is 0 Å². The summed E-state index contributed by atoms with van der Waals surface area (Å²) in [6.45, 7) is 14.5. The largest absolute Gasteiger partial charge is 0.493 e. The van der Waals surface area contributed by atoms with Crippen molar-refractivity contribution in [2.75, 3.05) is 26.9 Å². The number of rotatable bonds is 23. The average Bonchev–Trinajstić information content (AvgIpc) is 3.63. The van der Waals surface area contributed by atoms with Crippen molar-refractivity contribution < 1.29 is 28.9 Å². The van der Waals surface area contributed by atoms with E-state index in [1.165, 1.54) is 11.3 Å². The topological polar surface area (TPSA) is 131 Å². The molecule has 2 aromatic carbocycles. The van der Waals surface area contributed by atoms with Crippen molar-refractivity contribution in [1.29, 1.82) is 0 Å². The molecule has 3 rings (SSSR count). The monoisotopic (exact) mass is 710 g/mol. The molecule has 11 heteroatoms. The molecule has 276 valence electrons. The van der Waals surface area contributed by atoms with Crippen LogP contribution in [0.1, 0.15) is 74.9 Å². The number of aryl methyl sites for hydroxylation is 2. The Morgan fingerprint density at radius 3 is 2.38 bits per heavy atom. The highest BCUT2D eigenvalue weighted by Gasteiger charge is 2.33. The van der Waals surface area contributed by atoms with E-state index in [1.807, 2.05) is 89.4 Å². The first kappa shape index (κ1) is 41.1. The van der Waals surface area contributed by atoms with Crippen LogP contribution in [0.3, 0.4) is 0 Å². The molecule has 0 aliphatic rings. The number of methoxy groups -OCH3 is 1. The van der Waals surface area contributed by atoms with Gasteiger partial charge in [-0.1, -0.05) is 76.1 Å². The van der Waals surface area contributed by atoms with Crippen molar-refractivity contribution in [3.63, 3.8) is 0 Å². The van der Waals surface area contributed by atoms with E-state index >= 15 is 0 Å². The quantitative estimate of drug-likeness (QED) is 0.0920. The van der Waals surface area contributed by atoms with Crippen LogP contribution in [-0.4, -0.2) is 67.0 Å². The van der Waals surface area contributed by atoms with Crippen molar-refractivity contribution in [1.82, 2.24) is 20.9 Å². The Balaban J connectivity index is 1.66. The molecule has 5 atom stereocenters. The summed E-state index contributed by atoms with van der Waals surface area (Å²) in [7, 11) is 1.68. The van der Waals surface area contributed by atoms with Crippen LogP contribution in [-0.2, 0) is 38.8 Å². The maximum Gasteiger partial charge on any atom is 0.243 e. The van der Waals surface area contributed by atoms with Crippen LogP contribution in [0.5, 0.6) is 5.75 Å². The fraction of sp³-hybridized carbons (Fsp3) is 0.564. The van der Waals surface area contributed by atoms with Gasteiger partial charge >= 0.3 is 0 Å². The number of aliphatic hydroxyl groups is 1. The van der Waals surface area contributed by atoms with Gasteiger partial charge in [0.25, 0.3) is 0 Å². The lowest BCUT2D eigenvalue weighted by Gasteiger charge is -2.31. The first-order valence-electron chi connectivity index (χ1n) is 17.7. The van der Waals surface area contributed by atoms with Gasteiger partial charge in [0.2, 0.25) is 11.8 Å². The molecule has 0 fully saturated rings. The summed E-state index contributed by atoms with van der Waals surface area (Å²) in [6.07, 6.45) is 0.821. The highest BCUT2D eigenvalue weighted by atomic mass is 32.1. The van der Waals surface area contributed by atoms with E-state index in [2.05, 4.69) is 20.9 Å². The van der Waals surface area contributed by atoms with Crippen LogP contribution in [0.15, 0.2) is 53.4 Å². The number of benzene rings is 2. The predicted octanol–water partition coefficient (Wildman–Crippen LogP) is 5.72. The molecule has 3 aromatic rings. The summed E-state index contributed by atoms with van der Waals surface area (Å²) in [5, 5.41) is 23.0. The summed E-state index contributed by atoms with van der Waals surface area (Å²) in [4.78, 5) is 31.6. The normalized spacial score (nSPS) is 14.5. The summed E-state index contributed by atoms with van der Waals surface area (Å²) < 4.78 is 17.2. The van der Waals surface area contributed by atoms with E-state index in [1.54, 1.807) is 12.6 Å². The van der Waals surface area contributed by atoms with E-state index < -0.39 is 24.1 Å². The van der Waals surface area contributed by atoms with Gasteiger partial charge in [-0.25, -0.2) is 4.98 Å². The van der Waals surface area contributed by atoms with Gasteiger partial charge in [-0.05, 0) is 54.9 Å². The third-order valence-electron chi connectivity index (χ3n) is 9.08.